The summed E-state index contributed by atoms with van der Waals surface area (Å²) in [4.78, 5) is 16.8. The summed E-state index contributed by atoms with van der Waals surface area (Å²) in [5.74, 6) is -0.616. The van der Waals surface area contributed by atoms with E-state index < -0.39 is 11.9 Å². The molecule has 5 heteroatoms. The van der Waals surface area contributed by atoms with E-state index in [9.17, 15) is 4.79 Å². The lowest BCUT2D eigenvalue weighted by Crippen LogP contribution is -2.29. The fraction of sp³-hybridized carbons (Fsp3) is 0.417. The third-order valence-electron chi connectivity index (χ3n) is 2.55. The Labute approximate surface area is 100 Å². The van der Waals surface area contributed by atoms with Gasteiger partial charge in [-0.05, 0) is 19.1 Å². The zero-order valence-corrected chi connectivity index (χ0v) is 10.1. The van der Waals surface area contributed by atoms with E-state index in [2.05, 4.69) is 4.98 Å². The van der Waals surface area contributed by atoms with Crippen LogP contribution in [0.1, 0.15) is 18.2 Å². The number of rotatable bonds is 4. The average Bonchev–Trinajstić information content (AvgIpc) is 2.28. The van der Waals surface area contributed by atoms with Crippen molar-refractivity contribution >= 4 is 11.8 Å². The highest BCUT2D eigenvalue weighted by Gasteiger charge is 2.15. The first-order valence-corrected chi connectivity index (χ1v) is 5.27. The Balaban J connectivity index is 2.83. The average molecular weight is 233 g/mol. The Bertz CT molecular complexity index is 465. The van der Waals surface area contributed by atoms with Gasteiger partial charge >= 0.3 is 5.97 Å². The minimum absolute atomic E-state index is 0.383. The molecule has 17 heavy (non-hydrogen) atoms. The predicted octanol–water partition coefficient (Wildman–Crippen LogP) is 1.42. The van der Waals surface area contributed by atoms with Crippen LogP contribution in [-0.2, 0) is 4.79 Å². The van der Waals surface area contributed by atoms with E-state index in [1.54, 1.807) is 37.9 Å². The smallest absolute Gasteiger partial charge is 0.308 e. The Kier molecular flexibility index (Phi) is 4.05. The summed E-state index contributed by atoms with van der Waals surface area (Å²) >= 11 is 0. The van der Waals surface area contributed by atoms with E-state index in [0.717, 1.165) is 0 Å². The Morgan fingerprint density at radius 1 is 1.65 bits per heavy atom. The standard InChI is InChI=1S/C12H15N3O2/c1-8(12(16)17)7-15(3)11-5-4-10(6-13)9(2)14-11/h4-5,8H,7H2,1-3H3,(H,16,17). The van der Waals surface area contributed by atoms with Crippen LogP contribution < -0.4 is 4.90 Å². The number of hydrogen-bond donors (Lipinski definition) is 1. The third kappa shape index (κ3) is 3.18. The summed E-state index contributed by atoms with van der Waals surface area (Å²) in [6.07, 6.45) is 0. The van der Waals surface area contributed by atoms with Crippen molar-refractivity contribution in [3.63, 3.8) is 0 Å². The minimum Gasteiger partial charge on any atom is -0.481 e. The molecule has 0 spiro atoms. The summed E-state index contributed by atoms with van der Waals surface area (Å²) in [6, 6.07) is 5.46. The molecule has 90 valence electrons. The molecule has 0 aliphatic carbocycles. The fourth-order valence-corrected chi connectivity index (χ4v) is 1.46. The minimum atomic E-state index is -0.831. The fourth-order valence-electron chi connectivity index (χ4n) is 1.46. The first kappa shape index (κ1) is 13.0. The van der Waals surface area contributed by atoms with Crippen molar-refractivity contribution in [1.82, 2.24) is 4.98 Å². The maximum Gasteiger partial charge on any atom is 0.308 e. The van der Waals surface area contributed by atoms with Crippen LogP contribution >= 0.6 is 0 Å². The Hall–Kier alpha value is -2.09. The van der Waals surface area contributed by atoms with Crippen molar-refractivity contribution in [3.8, 4) is 6.07 Å². The number of nitriles is 1. The van der Waals surface area contributed by atoms with Gasteiger partial charge in [0.2, 0.25) is 0 Å². The number of carboxylic acid groups (broad SMARTS) is 1. The van der Waals surface area contributed by atoms with Crippen LogP contribution in [0.4, 0.5) is 5.82 Å². The van der Waals surface area contributed by atoms with Crippen molar-refractivity contribution in [2.24, 2.45) is 5.92 Å². The highest BCUT2D eigenvalue weighted by molar-refractivity contribution is 5.70. The van der Waals surface area contributed by atoms with Gasteiger partial charge in [-0.25, -0.2) is 4.98 Å². The maximum absolute atomic E-state index is 10.7. The van der Waals surface area contributed by atoms with Gasteiger partial charge in [-0.2, -0.15) is 5.26 Å². The van der Waals surface area contributed by atoms with Gasteiger partial charge in [0, 0.05) is 13.6 Å². The molecule has 0 bridgehead atoms. The summed E-state index contributed by atoms with van der Waals surface area (Å²) in [5, 5.41) is 17.6. The number of aromatic nitrogens is 1. The van der Waals surface area contributed by atoms with Crippen LogP contribution in [0.2, 0.25) is 0 Å². The molecule has 0 aliphatic heterocycles. The van der Waals surface area contributed by atoms with Gasteiger partial charge in [-0.1, -0.05) is 6.92 Å². The van der Waals surface area contributed by atoms with Crippen LogP contribution in [-0.4, -0.2) is 29.7 Å². The van der Waals surface area contributed by atoms with Crippen LogP contribution in [0.3, 0.4) is 0 Å². The van der Waals surface area contributed by atoms with Gasteiger partial charge < -0.3 is 10.0 Å². The van der Waals surface area contributed by atoms with Gasteiger partial charge in [0.05, 0.1) is 17.2 Å². The molecular formula is C12H15N3O2. The highest BCUT2D eigenvalue weighted by atomic mass is 16.4. The van der Waals surface area contributed by atoms with E-state index in [1.807, 2.05) is 6.07 Å². The number of aryl methyl sites for hydroxylation is 1. The van der Waals surface area contributed by atoms with E-state index >= 15 is 0 Å². The first-order chi connectivity index (χ1) is 7.95. The van der Waals surface area contributed by atoms with Crippen LogP contribution in [0.25, 0.3) is 0 Å². The molecule has 1 aromatic rings. The molecular weight excluding hydrogens is 218 g/mol. The molecule has 1 N–H and O–H groups in total. The number of hydrogen-bond acceptors (Lipinski definition) is 4. The molecule has 0 amide bonds. The van der Waals surface area contributed by atoms with E-state index in [4.69, 9.17) is 10.4 Å². The molecule has 1 aromatic heterocycles. The lowest BCUT2D eigenvalue weighted by molar-refractivity contribution is -0.140. The van der Waals surface area contributed by atoms with E-state index in [-0.39, 0.29) is 0 Å². The molecule has 1 rings (SSSR count). The SMILES string of the molecule is Cc1nc(N(C)CC(C)C(=O)O)ccc1C#N. The molecule has 0 saturated heterocycles. The largest absolute Gasteiger partial charge is 0.481 e. The van der Waals surface area contributed by atoms with Crippen molar-refractivity contribution < 1.29 is 9.90 Å². The van der Waals surface area contributed by atoms with E-state index in [1.165, 1.54) is 0 Å². The number of aliphatic carboxylic acids is 1. The molecule has 0 radical (unpaired) electrons. The monoisotopic (exact) mass is 233 g/mol. The quantitative estimate of drug-likeness (QED) is 0.851. The second-order valence-corrected chi connectivity index (χ2v) is 4.03. The zero-order valence-electron chi connectivity index (χ0n) is 10.1. The molecule has 0 fully saturated rings. The number of pyridine rings is 1. The van der Waals surface area contributed by atoms with Crippen LogP contribution in [0.15, 0.2) is 12.1 Å². The topological polar surface area (TPSA) is 77.2 Å². The van der Waals surface area contributed by atoms with Gasteiger partial charge in [0.1, 0.15) is 11.9 Å². The summed E-state index contributed by atoms with van der Waals surface area (Å²) in [6.45, 7) is 3.79. The molecule has 0 aliphatic rings. The molecule has 0 saturated carbocycles. The lowest BCUT2D eigenvalue weighted by Gasteiger charge is -2.20. The predicted molar refractivity (Wildman–Crippen MR) is 63.8 cm³/mol. The van der Waals surface area contributed by atoms with Gasteiger partial charge in [-0.15, -0.1) is 0 Å². The zero-order chi connectivity index (χ0) is 13.0. The van der Waals surface area contributed by atoms with Crippen molar-refractivity contribution in [3.05, 3.63) is 23.4 Å². The Morgan fingerprint density at radius 2 is 2.29 bits per heavy atom. The third-order valence-corrected chi connectivity index (χ3v) is 2.55. The van der Waals surface area contributed by atoms with E-state index in [0.29, 0.717) is 23.6 Å². The highest BCUT2D eigenvalue weighted by Crippen LogP contribution is 2.14. The maximum atomic E-state index is 10.7. The van der Waals surface area contributed by atoms with Gasteiger partial charge in [0.25, 0.3) is 0 Å². The molecule has 5 nitrogen and oxygen atoms in total. The van der Waals surface area contributed by atoms with Gasteiger partial charge in [-0.3, -0.25) is 4.79 Å². The first-order valence-electron chi connectivity index (χ1n) is 5.27. The summed E-state index contributed by atoms with van der Waals surface area (Å²) < 4.78 is 0. The van der Waals surface area contributed by atoms with Crippen LogP contribution in [0, 0.1) is 24.2 Å². The summed E-state index contributed by atoms with van der Waals surface area (Å²) in [7, 11) is 1.78. The molecule has 0 aromatic carbocycles. The van der Waals surface area contributed by atoms with Crippen molar-refractivity contribution in [2.75, 3.05) is 18.5 Å². The second-order valence-electron chi connectivity index (χ2n) is 4.03. The number of anilines is 1. The lowest BCUT2D eigenvalue weighted by atomic mass is 10.1. The number of carbonyl (C=O) groups is 1. The Morgan fingerprint density at radius 3 is 2.76 bits per heavy atom. The summed E-state index contributed by atoms with van der Waals surface area (Å²) in [5.41, 5.74) is 1.19. The normalized spacial score (nSPS) is 11.6. The molecule has 1 atom stereocenters. The second kappa shape index (κ2) is 5.30. The van der Waals surface area contributed by atoms with Gasteiger partial charge in [0.15, 0.2) is 0 Å². The molecule has 1 heterocycles. The number of carboxylic acids is 1. The van der Waals surface area contributed by atoms with Crippen molar-refractivity contribution in [1.29, 1.82) is 5.26 Å². The molecule has 1 unspecified atom stereocenters. The van der Waals surface area contributed by atoms with Crippen molar-refractivity contribution in [2.45, 2.75) is 13.8 Å². The number of nitrogens with zero attached hydrogens (tertiary/aromatic N) is 3. The van der Waals surface area contributed by atoms with Crippen LogP contribution in [0.5, 0.6) is 0 Å².